The zero-order valence-electron chi connectivity index (χ0n) is 6.05. The molecule has 1 N–H and O–H groups in total. The van der Waals surface area contributed by atoms with Gasteiger partial charge in [0.2, 0.25) is 0 Å². The first-order valence-corrected chi connectivity index (χ1v) is 3.42. The molecule has 1 aliphatic carbocycles. The Balaban J connectivity index is 2.70. The zero-order valence-corrected chi connectivity index (χ0v) is 6.05. The minimum Gasteiger partial charge on any atom is -0.394 e. The highest BCUT2D eigenvalue weighted by atomic mass is 16.1. The maximum absolute atomic E-state index is 11.0. The first kappa shape index (κ1) is 7.06. The summed E-state index contributed by atoms with van der Waals surface area (Å²) in [5, 5.41) is 2.85. The molecule has 0 aromatic heterocycles. The van der Waals surface area contributed by atoms with Crippen molar-refractivity contribution in [2.45, 2.75) is 12.8 Å². The van der Waals surface area contributed by atoms with Crippen LogP contribution in [-0.4, -0.2) is 12.8 Å². The fourth-order valence-electron chi connectivity index (χ4n) is 0.977. The average Bonchev–Trinajstić information content (AvgIpc) is 1.94. The minimum absolute atomic E-state index is 0.139. The molecule has 0 saturated heterocycles. The molecule has 0 fully saturated rings. The standard InChI is InChI=1S/C8H11NO/c1-9-6-7-4-2-3-5-8(7)10/h3,5-6,9H,2,4H2,1H3/b7-6-. The fourth-order valence-corrected chi connectivity index (χ4v) is 0.977. The van der Waals surface area contributed by atoms with Crippen LogP contribution in [0.2, 0.25) is 0 Å². The van der Waals surface area contributed by atoms with Crippen LogP contribution < -0.4 is 5.32 Å². The van der Waals surface area contributed by atoms with Gasteiger partial charge in [-0.25, -0.2) is 0 Å². The molecular formula is C8H11NO. The summed E-state index contributed by atoms with van der Waals surface area (Å²) in [5.41, 5.74) is 0.880. The monoisotopic (exact) mass is 137 g/mol. The van der Waals surface area contributed by atoms with E-state index in [1.54, 1.807) is 19.3 Å². The number of allylic oxidation sites excluding steroid dienone is 3. The molecule has 0 saturated carbocycles. The van der Waals surface area contributed by atoms with Crippen LogP contribution >= 0.6 is 0 Å². The second-order valence-corrected chi connectivity index (χ2v) is 2.26. The molecule has 2 heteroatoms. The average molecular weight is 137 g/mol. The Kier molecular flexibility index (Phi) is 2.26. The summed E-state index contributed by atoms with van der Waals surface area (Å²) < 4.78 is 0. The van der Waals surface area contributed by atoms with Gasteiger partial charge in [-0.05, 0) is 18.9 Å². The van der Waals surface area contributed by atoms with Crippen molar-refractivity contribution in [1.82, 2.24) is 5.32 Å². The van der Waals surface area contributed by atoms with Crippen molar-refractivity contribution in [2.75, 3.05) is 7.05 Å². The quantitative estimate of drug-likeness (QED) is 0.546. The second kappa shape index (κ2) is 3.20. The van der Waals surface area contributed by atoms with Crippen LogP contribution in [0.5, 0.6) is 0 Å². The molecule has 0 radical (unpaired) electrons. The van der Waals surface area contributed by atoms with Gasteiger partial charge in [0, 0.05) is 18.8 Å². The van der Waals surface area contributed by atoms with Gasteiger partial charge in [0.05, 0.1) is 0 Å². The van der Waals surface area contributed by atoms with Crippen LogP contribution in [0.15, 0.2) is 23.9 Å². The lowest BCUT2D eigenvalue weighted by Crippen LogP contribution is -2.07. The van der Waals surface area contributed by atoms with Gasteiger partial charge in [-0.1, -0.05) is 6.08 Å². The van der Waals surface area contributed by atoms with Crippen molar-refractivity contribution in [3.05, 3.63) is 23.9 Å². The molecule has 0 amide bonds. The summed E-state index contributed by atoms with van der Waals surface area (Å²) in [7, 11) is 1.80. The van der Waals surface area contributed by atoms with Crippen LogP contribution in [0.4, 0.5) is 0 Å². The fraction of sp³-hybridized carbons (Fsp3) is 0.375. The third-order valence-electron chi connectivity index (χ3n) is 1.48. The number of rotatable bonds is 1. The second-order valence-electron chi connectivity index (χ2n) is 2.26. The molecule has 0 atom stereocenters. The first-order valence-electron chi connectivity index (χ1n) is 3.42. The van der Waals surface area contributed by atoms with E-state index in [1.807, 2.05) is 6.08 Å². The third-order valence-corrected chi connectivity index (χ3v) is 1.48. The SMILES string of the molecule is CN/C=C1/CCC=CC1=O. The van der Waals surface area contributed by atoms with Crippen LogP contribution in [0.25, 0.3) is 0 Å². The Morgan fingerprint density at radius 2 is 2.50 bits per heavy atom. The van der Waals surface area contributed by atoms with Gasteiger partial charge in [0.15, 0.2) is 5.78 Å². The summed E-state index contributed by atoms with van der Waals surface area (Å²) >= 11 is 0. The Labute approximate surface area is 60.6 Å². The summed E-state index contributed by atoms with van der Waals surface area (Å²) in [6.07, 6.45) is 7.17. The van der Waals surface area contributed by atoms with Gasteiger partial charge in [-0.3, -0.25) is 4.79 Å². The van der Waals surface area contributed by atoms with E-state index in [4.69, 9.17) is 0 Å². The molecule has 0 aromatic rings. The Bertz CT molecular complexity index is 191. The maximum Gasteiger partial charge on any atom is 0.182 e. The van der Waals surface area contributed by atoms with Crippen molar-refractivity contribution in [3.63, 3.8) is 0 Å². The molecular weight excluding hydrogens is 126 g/mol. The molecule has 0 bridgehead atoms. The van der Waals surface area contributed by atoms with Crippen molar-refractivity contribution in [1.29, 1.82) is 0 Å². The van der Waals surface area contributed by atoms with E-state index in [-0.39, 0.29) is 5.78 Å². The smallest absolute Gasteiger partial charge is 0.182 e. The third kappa shape index (κ3) is 1.47. The molecule has 54 valence electrons. The molecule has 0 aromatic carbocycles. The number of carbonyl (C=O) groups excluding carboxylic acids is 1. The molecule has 0 spiro atoms. The number of ketones is 1. The van der Waals surface area contributed by atoms with Crippen LogP contribution in [0, 0.1) is 0 Å². The van der Waals surface area contributed by atoms with E-state index >= 15 is 0 Å². The minimum atomic E-state index is 0.139. The molecule has 0 aliphatic heterocycles. The predicted molar refractivity (Wildman–Crippen MR) is 40.5 cm³/mol. The molecule has 1 aliphatic rings. The Morgan fingerprint density at radius 1 is 1.70 bits per heavy atom. The van der Waals surface area contributed by atoms with Gasteiger partial charge < -0.3 is 5.32 Å². The van der Waals surface area contributed by atoms with E-state index in [2.05, 4.69) is 5.32 Å². The van der Waals surface area contributed by atoms with E-state index in [9.17, 15) is 4.79 Å². The predicted octanol–water partition coefficient (Wildman–Crippen LogP) is 1.01. The summed E-state index contributed by atoms with van der Waals surface area (Å²) in [6, 6.07) is 0. The van der Waals surface area contributed by atoms with Crippen LogP contribution in [0.1, 0.15) is 12.8 Å². The lowest BCUT2D eigenvalue weighted by atomic mass is 10.0. The Hall–Kier alpha value is -1.05. The van der Waals surface area contributed by atoms with Gasteiger partial charge in [-0.2, -0.15) is 0 Å². The van der Waals surface area contributed by atoms with Crippen molar-refractivity contribution in [3.8, 4) is 0 Å². The van der Waals surface area contributed by atoms with E-state index < -0.39 is 0 Å². The molecule has 0 heterocycles. The number of nitrogens with one attached hydrogen (secondary N) is 1. The normalized spacial score (nSPS) is 21.7. The zero-order chi connectivity index (χ0) is 7.40. The summed E-state index contributed by atoms with van der Waals surface area (Å²) in [5.74, 6) is 0.139. The molecule has 0 unspecified atom stereocenters. The van der Waals surface area contributed by atoms with E-state index in [0.717, 1.165) is 18.4 Å². The van der Waals surface area contributed by atoms with Gasteiger partial charge in [-0.15, -0.1) is 0 Å². The van der Waals surface area contributed by atoms with Gasteiger partial charge in [0.25, 0.3) is 0 Å². The van der Waals surface area contributed by atoms with Gasteiger partial charge in [0.1, 0.15) is 0 Å². The van der Waals surface area contributed by atoms with E-state index in [1.165, 1.54) is 0 Å². The molecule has 2 nitrogen and oxygen atoms in total. The summed E-state index contributed by atoms with van der Waals surface area (Å²) in [4.78, 5) is 11.0. The van der Waals surface area contributed by atoms with Crippen molar-refractivity contribution < 1.29 is 4.79 Å². The highest BCUT2D eigenvalue weighted by molar-refractivity contribution is 6.04. The van der Waals surface area contributed by atoms with E-state index in [0.29, 0.717) is 0 Å². The highest BCUT2D eigenvalue weighted by Crippen LogP contribution is 2.12. The van der Waals surface area contributed by atoms with Crippen LogP contribution in [0.3, 0.4) is 0 Å². The van der Waals surface area contributed by atoms with Crippen molar-refractivity contribution in [2.24, 2.45) is 0 Å². The van der Waals surface area contributed by atoms with Gasteiger partial charge >= 0.3 is 0 Å². The molecule has 1 rings (SSSR count). The van der Waals surface area contributed by atoms with Crippen LogP contribution in [-0.2, 0) is 4.79 Å². The lowest BCUT2D eigenvalue weighted by Gasteiger charge is -2.05. The topological polar surface area (TPSA) is 29.1 Å². The number of hydrogen-bond donors (Lipinski definition) is 1. The lowest BCUT2D eigenvalue weighted by molar-refractivity contribution is -0.111. The highest BCUT2D eigenvalue weighted by Gasteiger charge is 2.07. The maximum atomic E-state index is 11.0. The first-order chi connectivity index (χ1) is 4.84. The number of hydrogen-bond acceptors (Lipinski definition) is 2. The number of carbonyl (C=O) groups is 1. The molecule has 10 heavy (non-hydrogen) atoms. The largest absolute Gasteiger partial charge is 0.394 e. The van der Waals surface area contributed by atoms with Crippen molar-refractivity contribution >= 4 is 5.78 Å². The summed E-state index contributed by atoms with van der Waals surface area (Å²) in [6.45, 7) is 0. The Morgan fingerprint density at radius 3 is 3.10 bits per heavy atom.